The molecule has 0 amide bonds. The predicted molar refractivity (Wildman–Crippen MR) is 78.0 cm³/mol. The minimum Gasteiger partial charge on any atom is -0.393 e. The number of hydrogen-bond donors (Lipinski definition) is 1. The Morgan fingerprint density at radius 2 is 2.10 bits per heavy atom. The van der Waals surface area contributed by atoms with Gasteiger partial charge >= 0.3 is 0 Å². The number of carbonyl (C=O) groups is 1. The number of aliphatic hydroxyl groups excluding tert-OH is 1. The number of rotatable bonds is 0. The Balaban J connectivity index is 1.69. The summed E-state index contributed by atoms with van der Waals surface area (Å²) < 4.78 is 0. The number of ketones is 1. The Bertz CT molecular complexity index is 504. The summed E-state index contributed by atoms with van der Waals surface area (Å²) >= 11 is 0. The van der Waals surface area contributed by atoms with Gasteiger partial charge in [-0.3, -0.25) is 4.79 Å². The molecule has 0 aromatic carbocycles. The topological polar surface area (TPSA) is 37.3 Å². The van der Waals surface area contributed by atoms with Crippen molar-refractivity contribution in [2.75, 3.05) is 0 Å². The number of hydrogen-bond acceptors (Lipinski definition) is 2. The van der Waals surface area contributed by atoms with Crippen LogP contribution in [-0.4, -0.2) is 17.0 Å². The Morgan fingerprint density at radius 3 is 2.95 bits per heavy atom. The van der Waals surface area contributed by atoms with E-state index in [4.69, 9.17) is 0 Å². The lowest BCUT2D eigenvalue weighted by Crippen LogP contribution is -2.46. The fourth-order valence-corrected chi connectivity index (χ4v) is 5.63. The molecule has 2 fully saturated rings. The fourth-order valence-electron chi connectivity index (χ4n) is 5.63. The van der Waals surface area contributed by atoms with Gasteiger partial charge in [-0.15, -0.1) is 0 Å². The zero-order valence-electron chi connectivity index (χ0n) is 12.2. The van der Waals surface area contributed by atoms with Crippen LogP contribution in [0.1, 0.15) is 45.4 Å². The van der Waals surface area contributed by atoms with Crippen LogP contribution in [0.5, 0.6) is 0 Å². The van der Waals surface area contributed by atoms with E-state index in [-0.39, 0.29) is 11.5 Å². The third-order valence-electron chi connectivity index (χ3n) is 6.82. The second-order valence-corrected chi connectivity index (χ2v) is 7.60. The molecule has 0 aliphatic heterocycles. The first kappa shape index (κ1) is 12.8. The van der Waals surface area contributed by atoms with Gasteiger partial charge in [0, 0.05) is 6.42 Å². The highest BCUT2D eigenvalue weighted by Crippen LogP contribution is 2.60. The lowest BCUT2D eigenvalue weighted by molar-refractivity contribution is -0.115. The van der Waals surface area contributed by atoms with Gasteiger partial charge in [-0.1, -0.05) is 19.1 Å². The van der Waals surface area contributed by atoms with E-state index < -0.39 is 0 Å². The normalized spacial score (nSPS) is 50.2. The molecule has 2 nitrogen and oxygen atoms in total. The van der Waals surface area contributed by atoms with E-state index in [2.05, 4.69) is 19.1 Å². The first-order valence-electron chi connectivity index (χ1n) is 8.20. The van der Waals surface area contributed by atoms with Crippen LogP contribution in [0.2, 0.25) is 0 Å². The molecule has 0 aromatic rings. The highest BCUT2D eigenvalue weighted by molar-refractivity contribution is 5.91. The molecule has 1 N–H and O–H groups in total. The molecular weight excluding hydrogens is 248 g/mol. The monoisotopic (exact) mass is 272 g/mol. The summed E-state index contributed by atoms with van der Waals surface area (Å²) in [7, 11) is 0. The smallest absolute Gasteiger partial charge is 0.155 e. The zero-order valence-corrected chi connectivity index (χ0v) is 12.2. The van der Waals surface area contributed by atoms with Crippen molar-refractivity contribution in [2.24, 2.45) is 29.1 Å². The van der Waals surface area contributed by atoms with Gasteiger partial charge in [0.15, 0.2) is 5.78 Å². The summed E-state index contributed by atoms with van der Waals surface area (Å²) in [6, 6.07) is 0. The van der Waals surface area contributed by atoms with Crippen molar-refractivity contribution in [3.05, 3.63) is 23.8 Å². The molecule has 6 atom stereocenters. The fraction of sp³-hybridized carbons (Fsp3) is 0.722. The third kappa shape index (κ3) is 1.64. The highest BCUT2D eigenvalue weighted by atomic mass is 16.3. The van der Waals surface area contributed by atoms with Crippen molar-refractivity contribution in [1.29, 1.82) is 0 Å². The van der Waals surface area contributed by atoms with E-state index in [0.717, 1.165) is 25.7 Å². The summed E-state index contributed by atoms with van der Waals surface area (Å²) in [5.41, 5.74) is 1.42. The maximum atomic E-state index is 11.6. The van der Waals surface area contributed by atoms with Crippen LogP contribution >= 0.6 is 0 Å². The van der Waals surface area contributed by atoms with Gasteiger partial charge in [-0.2, -0.15) is 0 Å². The van der Waals surface area contributed by atoms with Crippen molar-refractivity contribution in [1.82, 2.24) is 0 Å². The predicted octanol–water partition coefficient (Wildman–Crippen LogP) is 3.27. The van der Waals surface area contributed by atoms with Gasteiger partial charge in [0.1, 0.15) is 0 Å². The average molecular weight is 272 g/mol. The van der Waals surface area contributed by atoms with Crippen LogP contribution in [0.3, 0.4) is 0 Å². The Morgan fingerprint density at radius 1 is 1.25 bits per heavy atom. The number of carbonyl (C=O) groups excluding carboxylic acids is 1. The van der Waals surface area contributed by atoms with Crippen molar-refractivity contribution < 1.29 is 9.90 Å². The summed E-state index contributed by atoms with van der Waals surface area (Å²) in [4.78, 5) is 11.6. The lowest BCUT2D eigenvalue weighted by atomic mass is 9.54. The zero-order chi connectivity index (χ0) is 13.9. The molecule has 2 saturated carbocycles. The van der Waals surface area contributed by atoms with Crippen LogP contribution in [0.25, 0.3) is 0 Å². The molecule has 0 radical (unpaired) electrons. The maximum absolute atomic E-state index is 11.6. The number of fused-ring (bicyclic) bond motifs is 5. The number of allylic oxidation sites excluding steroid dienone is 4. The van der Waals surface area contributed by atoms with Gasteiger partial charge in [-0.25, -0.2) is 0 Å². The van der Waals surface area contributed by atoms with Crippen molar-refractivity contribution in [2.45, 2.75) is 51.6 Å². The van der Waals surface area contributed by atoms with Crippen LogP contribution in [-0.2, 0) is 4.79 Å². The summed E-state index contributed by atoms with van der Waals surface area (Å²) in [5, 5.41) is 10.4. The lowest BCUT2D eigenvalue weighted by Gasteiger charge is -2.51. The van der Waals surface area contributed by atoms with E-state index >= 15 is 0 Å². The Kier molecular flexibility index (Phi) is 2.76. The van der Waals surface area contributed by atoms with E-state index in [9.17, 15) is 9.90 Å². The van der Waals surface area contributed by atoms with Gasteiger partial charge in [0.2, 0.25) is 0 Å². The summed E-state index contributed by atoms with van der Waals surface area (Å²) in [5.74, 6) is 2.89. The molecule has 4 aliphatic carbocycles. The van der Waals surface area contributed by atoms with Gasteiger partial charge in [0.05, 0.1) is 6.10 Å². The largest absolute Gasteiger partial charge is 0.393 e. The second kappa shape index (κ2) is 4.30. The van der Waals surface area contributed by atoms with E-state index in [1.54, 1.807) is 0 Å². The summed E-state index contributed by atoms with van der Waals surface area (Å²) in [6.07, 6.45) is 12.7. The van der Waals surface area contributed by atoms with Gasteiger partial charge < -0.3 is 5.11 Å². The quantitative estimate of drug-likeness (QED) is 0.735. The molecule has 0 bridgehead atoms. The van der Waals surface area contributed by atoms with Crippen LogP contribution in [0.4, 0.5) is 0 Å². The Hall–Kier alpha value is -0.890. The van der Waals surface area contributed by atoms with Crippen molar-refractivity contribution in [3.8, 4) is 0 Å². The van der Waals surface area contributed by atoms with Gasteiger partial charge in [-0.05, 0) is 72.8 Å². The average Bonchev–Trinajstić information content (AvgIpc) is 2.74. The van der Waals surface area contributed by atoms with Crippen LogP contribution in [0.15, 0.2) is 23.8 Å². The third-order valence-corrected chi connectivity index (χ3v) is 6.82. The molecular formula is C18H24O2. The van der Waals surface area contributed by atoms with Crippen LogP contribution < -0.4 is 0 Å². The first-order chi connectivity index (χ1) is 9.59. The minimum absolute atomic E-state index is 0.105. The second-order valence-electron chi connectivity index (χ2n) is 7.60. The van der Waals surface area contributed by atoms with E-state index in [0.29, 0.717) is 29.5 Å². The molecule has 2 heteroatoms. The minimum atomic E-state index is -0.105. The summed E-state index contributed by atoms with van der Waals surface area (Å²) in [6.45, 7) is 2.30. The van der Waals surface area contributed by atoms with E-state index in [1.807, 2.05) is 6.08 Å². The molecule has 4 aliphatic rings. The van der Waals surface area contributed by atoms with Crippen molar-refractivity contribution >= 4 is 5.78 Å². The van der Waals surface area contributed by atoms with Gasteiger partial charge in [0.25, 0.3) is 0 Å². The first-order valence-corrected chi connectivity index (χ1v) is 8.20. The molecule has 0 unspecified atom stereocenters. The Labute approximate surface area is 120 Å². The van der Waals surface area contributed by atoms with E-state index in [1.165, 1.54) is 18.4 Å². The number of aliphatic hydroxyl groups is 1. The standard InChI is InChI=1S/C18H24O2/c1-18-9-8-14-13-5-3-12(19)10-11(13)2-4-15(14)16(18)6-7-17(18)20/h2,4,10,13-17,20H,3,5-9H2,1H3/t13-,14-,15+,16-,17+,18+/m1/s1. The van der Waals surface area contributed by atoms with Crippen molar-refractivity contribution in [3.63, 3.8) is 0 Å². The maximum Gasteiger partial charge on any atom is 0.155 e. The SMILES string of the molecule is C[C@]12CC[C@H]3[C@H](C=CC4=CC(=O)CC[C@H]43)[C@H]1CC[C@@H]2O. The van der Waals surface area contributed by atoms with Crippen LogP contribution in [0, 0.1) is 29.1 Å². The molecule has 4 rings (SSSR count). The molecule has 0 saturated heterocycles. The molecule has 0 heterocycles. The molecule has 0 spiro atoms. The highest BCUT2D eigenvalue weighted by Gasteiger charge is 2.54. The molecule has 108 valence electrons. The molecule has 20 heavy (non-hydrogen) atoms. The molecule has 0 aromatic heterocycles.